The van der Waals surface area contributed by atoms with Gasteiger partial charge in [-0.25, -0.2) is 0 Å². The van der Waals surface area contributed by atoms with Crippen LogP contribution in [0.15, 0.2) is 24.3 Å². The molecule has 1 heterocycles. The molecule has 0 aromatic heterocycles. The maximum Gasteiger partial charge on any atom is 0.221 e. The largest absolute Gasteiger partial charge is 0.496 e. The third-order valence-corrected chi connectivity index (χ3v) is 4.67. The molecule has 1 amide bonds. The number of ether oxygens (including phenoxy) is 1. The summed E-state index contributed by atoms with van der Waals surface area (Å²) in [5, 5.41) is 2.99. The molecule has 23 heavy (non-hydrogen) atoms. The number of hydrogen-bond acceptors (Lipinski definition) is 4. The Balaban J connectivity index is 1.70. The van der Waals surface area contributed by atoms with E-state index in [0.29, 0.717) is 19.0 Å². The van der Waals surface area contributed by atoms with Crippen molar-refractivity contribution in [3.8, 4) is 5.75 Å². The molecule has 0 aliphatic carbocycles. The van der Waals surface area contributed by atoms with Gasteiger partial charge in [-0.05, 0) is 46.1 Å². The van der Waals surface area contributed by atoms with Gasteiger partial charge in [-0.2, -0.15) is 0 Å². The zero-order chi connectivity index (χ0) is 16.7. The summed E-state index contributed by atoms with van der Waals surface area (Å²) in [5.41, 5.74) is 1.01. The molecule has 0 unspecified atom stereocenters. The monoisotopic (exact) mass is 319 g/mol. The Morgan fingerprint density at radius 3 is 2.74 bits per heavy atom. The van der Waals surface area contributed by atoms with Crippen LogP contribution in [0.25, 0.3) is 0 Å². The van der Waals surface area contributed by atoms with Crippen LogP contribution in [-0.2, 0) is 11.3 Å². The van der Waals surface area contributed by atoms with Crippen molar-refractivity contribution < 1.29 is 9.53 Å². The summed E-state index contributed by atoms with van der Waals surface area (Å²) < 4.78 is 5.30. The maximum atomic E-state index is 12.1. The second kappa shape index (κ2) is 8.89. The minimum Gasteiger partial charge on any atom is -0.496 e. The van der Waals surface area contributed by atoms with Gasteiger partial charge in [-0.15, -0.1) is 0 Å². The van der Waals surface area contributed by atoms with Crippen molar-refractivity contribution in [3.63, 3.8) is 0 Å². The topological polar surface area (TPSA) is 44.8 Å². The van der Waals surface area contributed by atoms with Crippen molar-refractivity contribution in [2.45, 2.75) is 31.8 Å². The molecule has 0 bridgehead atoms. The van der Waals surface area contributed by atoms with E-state index in [1.54, 1.807) is 7.11 Å². The van der Waals surface area contributed by atoms with Crippen LogP contribution in [0.4, 0.5) is 0 Å². The number of rotatable bonds is 7. The molecule has 5 nitrogen and oxygen atoms in total. The van der Waals surface area contributed by atoms with E-state index in [2.05, 4.69) is 29.2 Å². The molecule has 1 aromatic carbocycles. The molecule has 128 valence electrons. The van der Waals surface area contributed by atoms with Crippen LogP contribution in [0.2, 0.25) is 0 Å². The van der Waals surface area contributed by atoms with E-state index in [-0.39, 0.29) is 5.91 Å². The van der Waals surface area contributed by atoms with Crippen molar-refractivity contribution in [1.29, 1.82) is 0 Å². The first-order valence-corrected chi connectivity index (χ1v) is 8.37. The molecule has 0 atom stereocenters. The summed E-state index contributed by atoms with van der Waals surface area (Å²) in [6.45, 7) is 3.62. The van der Waals surface area contributed by atoms with Gasteiger partial charge in [0.2, 0.25) is 5.91 Å². The lowest BCUT2D eigenvalue weighted by molar-refractivity contribution is -0.121. The van der Waals surface area contributed by atoms with Crippen LogP contribution in [0, 0.1) is 0 Å². The molecular weight excluding hydrogens is 290 g/mol. The predicted molar refractivity (Wildman–Crippen MR) is 92.6 cm³/mol. The highest BCUT2D eigenvalue weighted by Crippen LogP contribution is 2.17. The molecule has 0 saturated carbocycles. The van der Waals surface area contributed by atoms with E-state index in [0.717, 1.165) is 30.9 Å². The van der Waals surface area contributed by atoms with Gasteiger partial charge in [0.25, 0.3) is 0 Å². The zero-order valence-electron chi connectivity index (χ0n) is 14.5. The first kappa shape index (κ1) is 17.8. The molecule has 0 radical (unpaired) electrons. The molecule has 1 N–H and O–H groups in total. The van der Waals surface area contributed by atoms with E-state index in [1.165, 1.54) is 12.8 Å². The Kier molecular flexibility index (Phi) is 6.86. The smallest absolute Gasteiger partial charge is 0.221 e. The van der Waals surface area contributed by atoms with Gasteiger partial charge in [0.1, 0.15) is 5.75 Å². The fraction of sp³-hybridized carbons (Fsp3) is 0.611. The molecule has 1 aromatic rings. The Labute approximate surface area is 139 Å². The van der Waals surface area contributed by atoms with E-state index in [4.69, 9.17) is 4.74 Å². The number of nitrogens with one attached hydrogen (secondary N) is 1. The van der Waals surface area contributed by atoms with Gasteiger partial charge in [-0.1, -0.05) is 18.2 Å². The first-order valence-electron chi connectivity index (χ1n) is 8.37. The molecule has 1 aliphatic rings. The molecule has 0 spiro atoms. The van der Waals surface area contributed by atoms with Gasteiger partial charge in [-0.3, -0.25) is 4.79 Å². The van der Waals surface area contributed by atoms with Gasteiger partial charge in [0, 0.05) is 31.1 Å². The van der Waals surface area contributed by atoms with Crippen LogP contribution < -0.4 is 10.1 Å². The van der Waals surface area contributed by atoms with Crippen molar-refractivity contribution in [2.75, 3.05) is 40.8 Å². The minimum atomic E-state index is 0.0932. The third-order valence-electron chi connectivity index (χ3n) is 4.67. The van der Waals surface area contributed by atoms with Gasteiger partial charge in [0.05, 0.1) is 7.11 Å². The number of amides is 1. The lowest BCUT2D eigenvalue weighted by Gasteiger charge is -2.35. The lowest BCUT2D eigenvalue weighted by atomic mass is 10.0. The lowest BCUT2D eigenvalue weighted by Crippen LogP contribution is -2.43. The average Bonchev–Trinajstić information content (AvgIpc) is 2.58. The summed E-state index contributed by atoms with van der Waals surface area (Å²) >= 11 is 0. The number of para-hydroxylation sites is 1. The standard InChI is InChI=1S/C18H29N3O2/c1-20-11-8-16(9-12-20)21(2)13-10-18(22)19-14-15-6-4-5-7-17(15)23-3/h4-7,16H,8-14H2,1-3H3,(H,19,22). The Morgan fingerprint density at radius 1 is 1.35 bits per heavy atom. The van der Waals surface area contributed by atoms with Gasteiger partial charge in [0.15, 0.2) is 0 Å². The van der Waals surface area contributed by atoms with E-state index < -0.39 is 0 Å². The van der Waals surface area contributed by atoms with E-state index in [1.807, 2.05) is 24.3 Å². The van der Waals surface area contributed by atoms with Crippen molar-refractivity contribution in [1.82, 2.24) is 15.1 Å². The molecule has 5 heteroatoms. The van der Waals surface area contributed by atoms with E-state index in [9.17, 15) is 4.79 Å². The molecule has 2 rings (SSSR count). The second-order valence-electron chi connectivity index (χ2n) is 6.35. The zero-order valence-corrected chi connectivity index (χ0v) is 14.5. The number of likely N-dealkylation sites (tertiary alicyclic amines) is 1. The number of hydrogen-bond donors (Lipinski definition) is 1. The fourth-order valence-corrected chi connectivity index (χ4v) is 3.03. The van der Waals surface area contributed by atoms with Crippen molar-refractivity contribution in [3.05, 3.63) is 29.8 Å². The van der Waals surface area contributed by atoms with Crippen molar-refractivity contribution >= 4 is 5.91 Å². The molecule has 1 aliphatic heterocycles. The van der Waals surface area contributed by atoms with Crippen LogP contribution >= 0.6 is 0 Å². The Bertz CT molecular complexity index is 499. The highest BCUT2D eigenvalue weighted by Gasteiger charge is 2.20. The Hall–Kier alpha value is -1.59. The summed E-state index contributed by atoms with van der Waals surface area (Å²) in [7, 11) is 5.95. The number of piperidine rings is 1. The van der Waals surface area contributed by atoms with Crippen LogP contribution in [-0.4, -0.2) is 62.6 Å². The first-order chi connectivity index (χ1) is 11.1. The summed E-state index contributed by atoms with van der Waals surface area (Å²) in [6, 6.07) is 8.38. The van der Waals surface area contributed by atoms with Crippen LogP contribution in [0.5, 0.6) is 5.75 Å². The van der Waals surface area contributed by atoms with Gasteiger partial charge >= 0.3 is 0 Å². The average molecular weight is 319 g/mol. The number of carbonyl (C=O) groups is 1. The highest BCUT2D eigenvalue weighted by atomic mass is 16.5. The molecular formula is C18H29N3O2. The van der Waals surface area contributed by atoms with E-state index >= 15 is 0 Å². The fourth-order valence-electron chi connectivity index (χ4n) is 3.03. The maximum absolute atomic E-state index is 12.1. The SMILES string of the molecule is COc1ccccc1CNC(=O)CCN(C)C1CCN(C)CC1. The third kappa shape index (κ3) is 5.52. The number of benzene rings is 1. The van der Waals surface area contributed by atoms with Crippen LogP contribution in [0.1, 0.15) is 24.8 Å². The quantitative estimate of drug-likeness (QED) is 0.831. The number of nitrogens with zero attached hydrogens (tertiary/aromatic N) is 2. The highest BCUT2D eigenvalue weighted by molar-refractivity contribution is 5.76. The molecule has 1 fully saturated rings. The van der Waals surface area contributed by atoms with Gasteiger partial charge < -0.3 is 19.9 Å². The molecule has 1 saturated heterocycles. The Morgan fingerprint density at radius 2 is 2.04 bits per heavy atom. The normalized spacial score (nSPS) is 16.5. The number of carbonyl (C=O) groups excluding carboxylic acids is 1. The second-order valence-corrected chi connectivity index (χ2v) is 6.35. The van der Waals surface area contributed by atoms with Crippen molar-refractivity contribution in [2.24, 2.45) is 0 Å². The minimum absolute atomic E-state index is 0.0932. The summed E-state index contributed by atoms with van der Waals surface area (Å²) in [5.74, 6) is 0.909. The summed E-state index contributed by atoms with van der Waals surface area (Å²) in [6.07, 6.45) is 2.92. The van der Waals surface area contributed by atoms with Crippen LogP contribution in [0.3, 0.4) is 0 Å². The summed E-state index contributed by atoms with van der Waals surface area (Å²) in [4.78, 5) is 16.8. The number of methoxy groups -OCH3 is 1. The predicted octanol–water partition coefficient (Wildman–Crippen LogP) is 1.73.